The lowest BCUT2D eigenvalue weighted by Crippen LogP contribution is -2.01. The maximum atomic E-state index is 10.9. The van der Waals surface area contributed by atoms with Gasteiger partial charge in [-0.1, -0.05) is 18.5 Å². The van der Waals surface area contributed by atoms with Crippen LogP contribution < -0.4 is 5.56 Å². The Morgan fingerprint density at radius 3 is 2.73 bits per heavy atom. The first kappa shape index (κ1) is 8.74. The number of halogens is 1. The van der Waals surface area contributed by atoms with Crippen LogP contribution in [0.3, 0.4) is 0 Å². The average Bonchev–Trinajstić information content (AvgIpc) is 2.17. The van der Waals surface area contributed by atoms with Gasteiger partial charge in [0.05, 0.1) is 0 Å². The first-order valence-electron chi connectivity index (χ1n) is 3.24. The lowest BCUT2D eigenvalue weighted by molar-refractivity contribution is 0.692. The summed E-state index contributed by atoms with van der Waals surface area (Å²) in [6.45, 7) is 2.01. The molecule has 0 aliphatic carbocycles. The van der Waals surface area contributed by atoms with Crippen molar-refractivity contribution in [2.24, 2.45) is 7.05 Å². The van der Waals surface area contributed by atoms with Crippen LogP contribution in [0.5, 0.6) is 0 Å². The second-order valence-electron chi connectivity index (χ2n) is 2.05. The standard InChI is InChI=1S/C6H9ClN2OS/c1-3-11-6-4(7)5(10)8-9(6)2/h3H2,1-2H3,(H,8,10). The molecule has 0 spiro atoms. The molecule has 1 N–H and O–H groups in total. The van der Waals surface area contributed by atoms with Gasteiger partial charge in [-0.2, -0.15) is 0 Å². The van der Waals surface area contributed by atoms with Gasteiger partial charge in [-0.05, 0) is 5.75 Å². The van der Waals surface area contributed by atoms with Gasteiger partial charge in [-0.3, -0.25) is 14.6 Å². The summed E-state index contributed by atoms with van der Waals surface area (Å²) in [6.07, 6.45) is 0. The van der Waals surface area contributed by atoms with E-state index in [4.69, 9.17) is 11.6 Å². The zero-order valence-electron chi connectivity index (χ0n) is 6.35. The van der Waals surface area contributed by atoms with E-state index in [1.54, 1.807) is 23.5 Å². The van der Waals surface area contributed by atoms with Crippen LogP contribution in [0.2, 0.25) is 5.02 Å². The fourth-order valence-electron chi connectivity index (χ4n) is 0.793. The summed E-state index contributed by atoms with van der Waals surface area (Å²) in [7, 11) is 1.77. The highest BCUT2D eigenvalue weighted by Gasteiger charge is 2.08. The number of nitrogens with one attached hydrogen (secondary N) is 1. The third kappa shape index (κ3) is 1.62. The molecule has 0 radical (unpaired) electrons. The van der Waals surface area contributed by atoms with Crippen molar-refractivity contribution >= 4 is 23.4 Å². The Bertz CT molecular complexity index is 304. The van der Waals surface area contributed by atoms with Crippen LogP contribution in [0.15, 0.2) is 9.82 Å². The first-order valence-corrected chi connectivity index (χ1v) is 4.60. The zero-order valence-corrected chi connectivity index (χ0v) is 7.92. The number of hydrogen-bond acceptors (Lipinski definition) is 2. The quantitative estimate of drug-likeness (QED) is 0.721. The highest BCUT2D eigenvalue weighted by molar-refractivity contribution is 7.99. The average molecular weight is 193 g/mol. The molecular weight excluding hydrogens is 184 g/mol. The van der Waals surface area contributed by atoms with Gasteiger partial charge in [-0.25, -0.2) is 0 Å². The van der Waals surface area contributed by atoms with Gasteiger partial charge in [-0.15, -0.1) is 11.8 Å². The molecular formula is C6H9ClN2OS. The highest BCUT2D eigenvalue weighted by Crippen LogP contribution is 2.22. The Balaban J connectivity index is 3.12. The Labute approximate surface area is 73.7 Å². The number of aryl methyl sites for hydroxylation is 1. The molecule has 1 rings (SSSR count). The number of hydrogen-bond donors (Lipinski definition) is 1. The van der Waals surface area contributed by atoms with Crippen molar-refractivity contribution in [3.05, 3.63) is 15.4 Å². The SMILES string of the molecule is CCSc1c(Cl)c(=O)[nH]n1C. The van der Waals surface area contributed by atoms with E-state index < -0.39 is 0 Å². The van der Waals surface area contributed by atoms with Crippen molar-refractivity contribution in [2.45, 2.75) is 11.9 Å². The van der Waals surface area contributed by atoms with E-state index in [2.05, 4.69) is 5.10 Å². The number of rotatable bonds is 2. The number of aromatic nitrogens is 2. The van der Waals surface area contributed by atoms with Crippen LogP contribution in [0.1, 0.15) is 6.92 Å². The van der Waals surface area contributed by atoms with Gasteiger partial charge in [0.2, 0.25) is 0 Å². The van der Waals surface area contributed by atoms with E-state index in [1.165, 1.54) is 0 Å². The van der Waals surface area contributed by atoms with Gasteiger partial charge >= 0.3 is 0 Å². The summed E-state index contributed by atoms with van der Waals surface area (Å²) in [5.41, 5.74) is -0.217. The van der Waals surface area contributed by atoms with Crippen molar-refractivity contribution < 1.29 is 0 Å². The molecule has 0 amide bonds. The molecule has 0 saturated carbocycles. The minimum Gasteiger partial charge on any atom is -0.280 e. The number of aromatic amines is 1. The second kappa shape index (κ2) is 3.36. The molecule has 0 saturated heterocycles. The molecule has 0 aromatic carbocycles. The van der Waals surface area contributed by atoms with Gasteiger partial charge in [0.25, 0.3) is 5.56 Å². The van der Waals surface area contributed by atoms with E-state index in [1.807, 2.05) is 6.92 Å². The van der Waals surface area contributed by atoms with E-state index in [0.717, 1.165) is 10.8 Å². The van der Waals surface area contributed by atoms with Gasteiger partial charge < -0.3 is 0 Å². The van der Waals surface area contributed by atoms with Crippen LogP contribution in [0.25, 0.3) is 0 Å². The van der Waals surface area contributed by atoms with Crippen LogP contribution in [0, 0.1) is 0 Å². The molecule has 0 fully saturated rings. The van der Waals surface area contributed by atoms with Crippen molar-refractivity contribution in [3.63, 3.8) is 0 Å². The van der Waals surface area contributed by atoms with Gasteiger partial charge in [0, 0.05) is 7.05 Å². The van der Waals surface area contributed by atoms with Crippen molar-refractivity contribution in [1.29, 1.82) is 0 Å². The van der Waals surface area contributed by atoms with E-state index in [9.17, 15) is 4.79 Å². The molecule has 1 heterocycles. The summed E-state index contributed by atoms with van der Waals surface area (Å²) in [5.74, 6) is 0.908. The summed E-state index contributed by atoms with van der Waals surface area (Å²) >= 11 is 7.26. The number of thioether (sulfide) groups is 1. The molecule has 1 aromatic rings. The van der Waals surface area contributed by atoms with Crippen molar-refractivity contribution in [1.82, 2.24) is 9.78 Å². The Morgan fingerprint density at radius 1 is 1.73 bits per heavy atom. The zero-order chi connectivity index (χ0) is 8.43. The Morgan fingerprint density at radius 2 is 2.36 bits per heavy atom. The first-order chi connectivity index (χ1) is 5.16. The Hall–Kier alpha value is -0.350. The molecule has 11 heavy (non-hydrogen) atoms. The third-order valence-electron chi connectivity index (χ3n) is 1.24. The highest BCUT2D eigenvalue weighted by atomic mass is 35.5. The van der Waals surface area contributed by atoms with Crippen LogP contribution in [-0.4, -0.2) is 15.5 Å². The lowest BCUT2D eigenvalue weighted by atomic mass is 10.7. The number of H-pyrrole nitrogens is 1. The molecule has 0 aliphatic rings. The lowest BCUT2D eigenvalue weighted by Gasteiger charge is -1.98. The summed E-state index contributed by atoms with van der Waals surface area (Å²) in [4.78, 5) is 10.9. The molecule has 0 unspecified atom stereocenters. The Kier molecular flexibility index (Phi) is 2.67. The predicted molar refractivity (Wildman–Crippen MR) is 47.4 cm³/mol. The van der Waals surface area contributed by atoms with Crippen LogP contribution in [0.4, 0.5) is 0 Å². The molecule has 3 nitrogen and oxygen atoms in total. The fraction of sp³-hybridized carbons (Fsp3) is 0.500. The van der Waals surface area contributed by atoms with Crippen molar-refractivity contribution in [2.75, 3.05) is 5.75 Å². The van der Waals surface area contributed by atoms with Crippen LogP contribution in [-0.2, 0) is 7.05 Å². The minimum atomic E-state index is -0.217. The maximum absolute atomic E-state index is 10.9. The van der Waals surface area contributed by atoms with Gasteiger partial charge in [0.1, 0.15) is 10.0 Å². The van der Waals surface area contributed by atoms with Crippen molar-refractivity contribution in [3.8, 4) is 0 Å². The fourth-order valence-corrected chi connectivity index (χ4v) is 1.86. The maximum Gasteiger partial charge on any atom is 0.284 e. The minimum absolute atomic E-state index is 0.217. The topological polar surface area (TPSA) is 37.8 Å². The van der Waals surface area contributed by atoms with E-state index in [-0.39, 0.29) is 5.56 Å². The number of nitrogens with zero attached hydrogens (tertiary/aromatic N) is 1. The third-order valence-corrected chi connectivity index (χ3v) is 2.74. The van der Waals surface area contributed by atoms with E-state index >= 15 is 0 Å². The molecule has 5 heteroatoms. The molecule has 62 valence electrons. The van der Waals surface area contributed by atoms with E-state index in [0.29, 0.717) is 5.02 Å². The van der Waals surface area contributed by atoms with Gasteiger partial charge in [0.15, 0.2) is 0 Å². The molecule has 0 bridgehead atoms. The monoisotopic (exact) mass is 192 g/mol. The largest absolute Gasteiger partial charge is 0.284 e. The summed E-state index contributed by atoms with van der Waals surface area (Å²) in [5, 5.41) is 3.66. The second-order valence-corrected chi connectivity index (χ2v) is 3.68. The van der Waals surface area contributed by atoms with Crippen LogP contribution >= 0.6 is 23.4 Å². The summed E-state index contributed by atoms with van der Waals surface area (Å²) in [6, 6.07) is 0. The smallest absolute Gasteiger partial charge is 0.280 e. The molecule has 1 aromatic heterocycles. The molecule has 0 aliphatic heterocycles. The summed E-state index contributed by atoms with van der Waals surface area (Å²) < 4.78 is 1.64. The molecule has 0 atom stereocenters. The normalized spacial score (nSPS) is 10.5. The predicted octanol–water partition coefficient (Wildman–Crippen LogP) is 1.48.